The van der Waals surface area contributed by atoms with E-state index in [0.717, 1.165) is 23.5 Å². The van der Waals surface area contributed by atoms with Crippen LogP contribution in [-0.2, 0) is 17.4 Å². The van der Waals surface area contributed by atoms with Crippen molar-refractivity contribution in [2.75, 3.05) is 7.11 Å². The molecule has 0 N–H and O–H groups in total. The fraction of sp³-hybridized carbons (Fsp3) is 0.412. The summed E-state index contributed by atoms with van der Waals surface area (Å²) in [6.07, 6.45) is 7.24. The topological polar surface area (TPSA) is 39.9 Å². The van der Waals surface area contributed by atoms with Crippen LogP contribution in [0.15, 0.2) is 24.5 Å². The minimum atomic E-state index is -0.137. The molecule has 5 heteroatoms. The Morgan fingerprint density at radius 1 is 1.32 bits per heavy atom. The highest BCUT2D eigenvalue weighted by molar-refractivity contribution is 7.15. The lowest BCUT2D eigenvalue weighted by Crippen LogP contribution is -2.35. The summed E-state index contributed by atoms with van der Waals surface area (Å²) < 4.78 is 7.88. The molecule has 0 amide bonds. The minimum Gasteiger partial charge on any atom is -0.371 e. The van der Waals surface area contributed by atoms with Gasteiger partial charge in [-0.05, 0) is 38.3 Å². The summed E-state index contributed by atoms with van der Waals surface area (Å²) in [6.45, 7) is 2.11. The van der Waals surface area contributed by atoms with Gasteiger partial charge in [0, 0.05) is 43.2 Å². The van der Waals surface area contributed by atoms with E-state index in [0.29, 0.717) is 0 Å². The number of aryl methyl sites for hydroxylation is 2. The summed E-state index contributed by atoms with van der Waals surface area (Å²) in [5, 5.41) is 2.30. The fourth-order valence-electron chi connectivity index (χ4n) is 3.17. The highest BCUT2D eigenvalue weighted by Gasteiger charge is 2.41. The third kappa shape index (κ3) is 1.85. The molecule has 22 heavy (non-hydrogen) atoms. The Bertz CT molecular complexity index is 839. The van der Waals surface area contributed by atoms with Crippen LogP contribution in [0.4, 0.5) is 0 Å². The number of aromatic nitrogens is 3. The number of fused-ring (bicyclic) bond motifs is 1. The van der Waals surface area contributed by atoms with Crippen molar-refractivity contribution in [3.8, 4) is 10.4 Å². The van der Waals surface area contributed by atoms with Crippen LogP contribution in [0.5, 0.6) is 0 Å². The molecule has 0 unspecified atom stereocenters. The standard InChI is InChI=1S/C17H19N3OS/c1-11-9-13-12(5-8-18-15(13)20(11)2)14-10-19-16(22-14)17(21-3)6-4-7-17/h5,8-10H,4,6-7H2,1-3H3. The van der Waals surface area contributed by atoms with E-state index in [1.54, 1.807) is 18.4 Å². The Morgan fingerprint density at radius 3 is 2.82 bits per heavy atom. The zero-order valence-electron chi connectivity index (χ0n) is 13.1. The average Bonchev–Trinajstić information content (AvgIpc) is 3.06. The highest BCUT2D eigenvalue weighted by atomic mass is 32.1. The van der Waals surface area contributed by atoms with Gasteiger partial charge in [-0.2, -0.15) is 0 Å². The van der Waals surface area contributed by atoms with Gasteiger partial charge in [-0.25, -0.2) is 9.97 Å². The molecule has 4 rings (SSSR count). The Balaban J connectivity index is 1.83. The second-order valence-electron chi connectivity index (χ2n) is 6.02. The maximum absolute atomic E-state index is 5.75. The van der Waals surface area contributed by atoms with Gasteiger partial charge >= 0.3 is 0 Å². The number of hydrogen-bond donors (Lipinski definition) is 0. The molecule has 0 radical (unpaired) electrons. The van der Waals surface area contributed by atoms with Crippen LogP contribution < -0.4 is 0 Å². The predicted molar refractivity (Wildman–Crippen MR) is 89.1 cm³/mol. The van der Waals surface area contributed by atoms with Crippen LogP contribution in [-0.4, -0.2) is 21.6 Å². The van der Waals surface area contributed by atoms with Crippen molar-refractivity contribution in [1.82, 2.24) is 14.5 Å². The van der Waals surface area contributed by atoms with E-state index in [2.05, 4.69) is 40.6 Å². The summed E-state index contributed by atoms with van der Waals surface area (Å²) in [4.78, 5) is 10.4. The molecule has 0 atom stereocenters. The molecule has 0 bridgehead atoms. The monoisotopic (exact) mass is 313 g/mol. The second-order valence-corrected chi connectivity index (χ2v) is 7.05. The number of rotatable bonds is 3. The molecule has 3 aromatic heterocycles. The van der Waals surface area contributed by atoms with Crippen molar-refractivity contribution < 1.29 is 4.74 Å². The first kappa shape index (κ1) is 13.9. The van der Waals surface area contributed by atoms with E-state index < -0.39 is 0 Å². The van der Waals surface area contributed by atoms with Gasteiger partial charge < -0.3 is 9.30 Å². The maximum atomic E-state index is 5.75. The van der Waals surface area contributed by atoms with Crippen molar-refractivity contribution in [3.05, 3.63) is 35.2 Å². The summed E-state index contributed by atoms with van der Waals surface area (Å²) >= 11 is 1.75. The summed E-state index contributed by atoms with van der Waals surface area (Å²) in [7, 11) is 3.85. The maximum Gasteiger partial charge on any atom is 0.140 e. The molecule has 1 aliphatic carbocycles. The van der Waals surface area contributed by atoms with Gasteiger partial charge in [-0.1, -0.05) is 0 Å². The van der Waals surface area contributed by atoms with Crippen LogP contribution in [0, 0.1) is 6.92 Å². The van der Waals surface area contributed by atoms with Crippen molar-refractivity contribution >= 4 is 22.4 Å². The van der Waals surface area contributed by atoms with Crippen LogP contribution >= 0.6 is 11.3 Å². The van der Waals surface area contributed by atoms with Crippen LogP contribution in [0.3, 0.4) is 0 Å². The number of hydrogen-bond acceptors (Lipinski definition) is 4. The molecular formula is C17H19N3OS. The first-order chi connectivity index (χ1) is 10.6. The van der Waals surface area contributed by atoms with Gasteiger partial charge in [0.2, 0.25) is 0 Å². The molecule has 0 aromatic carbocycles. The average molecular weight is 313 g/mol. The molecule has 1 aliphatic rings. The van der Waals surface area contributed by atoms with Gasteiger partial charge in [-0.15, -0.1) is 11.3 Å². The van der Waals surface area contributed by atoms with E-state index >= 15 is 0 Å². The van der Waals surface area contributed by atoms with Gasteiger partial charge in [0.05, 0.1) is 4.88 Å². The molecule has 1 fully saturated rings. The number of nitrogens with zero attached hydrogens (tertiary/aromatic N) is 3. The molecule has 0 aliphatic heterocycles. The smallest absolute Gasteiger partial charge is 0.140 e. The molecule has 114 valence electrons. The first-order valence-corrected chi connectivity index (χ1v) is 8.39. The molecule has 1 saturated carbocycles. The second kappa shape index (κ2) is 4.89. The van der Waals surface area contributed by atoms with Gasteiger partial charge in [0.15, 0.2) is 0 Å². The SMILES string of the molecule is COC1(c2ncc(-c3ccnc4c3cc(C)n4C)s2)CCC1. The van der Waals surface area contributed by atoms with Gasteiger partial charge in [-0.3, -0.25) is 0 Å². The molecule has 4 nitrogen and oxygen atoms in total. The zero-order valence-corrected chi connectivity index (χ0v) is 13.9. The number of thiazole rings is 1. The largest absolute Gasteiger partial charge is 0.371 e. The Labute approximate surface area is 133 Å². The van der Waals surface area contributed by atoms with E-state index in [-0.39, 0.29) is 5.60 Å². The number of methoxy groups -OCH3 is 1. The van der Waals surface area contributed by atoms with E-state index in [1.165, 1.54) is 27.9 Å². The van der Waals surface area contributed by atoms with E-state index in [9.17, 15) is 0 Å². The molecule has 3 aromatic rings. The Hall–Kier alpha value is -1.72. The lowest BCUT2D eigenvalue weighted by molar-refractivity contribution is -0.0779. The summed E-state index contributed by atoms with van der Waals surface area (Å²) in [5.41, 5.74) is 3.31. The normalized spacial score (nSPS) is 16.9. The molecule has 3 heterocycles. The third-order valence-corrected chi connectivity index (χ3v) is 6.10. The molecular weight excluding hydrogens is 294 g/mol. The number of ether oxygens (including phenoxy) is 1. The first-order valence-electron chi connectivity index (χ1n) is 7.57. The van der Waals surface area contributed by atoms with Crippen molar-refractivity contribution in [1.29, 1.82) is 0 Å². The Morgan fingerprint density at radius 2 is 2.14 bits per heavy atom. The zero-order chi connectivity index (χ0) is 15.3. The van der Waals surface area contributed by atoms with Crippen molar-refractivity contribution in [2.24, 2.45) is 7.05 Å². The number of pyridine rings is 1. The van der Waals surface area contributed by atoms with E-state index in [1.807, 2.05) is 12.4 Å². The van der Waals surface area contributed by atoms with E-state index in [4.69, 9.17) is 4.74 Å². The summed E-state index contributed by atoms with van der Waals surface area (Å²) in [5.74, 6) is 0. The van der Waals surface area contributed by atoms with Gasteiger partial charge in [0.25, 0.3) is 0 Å². The quantitative estimate of drug-likeness (QED) is 0.733. The molecule has 0 saturated heterocycles. The van der Waals surface area contributed by atoms with Crippen molar-refractivity contribution in [2.45, 2.75) is 31.8 Å². The Kier molecular flexibility index (Phi) is 3.09. The molecule has 0 spiro atoms. The fourth-order valence-corrected chi connectivity index (χ4v) is 4.35. The minimum absolute atomic E-state index is 0.137. The van der Waals surface area contributed by atoms with Crippen molar-refractivity contribution in [3.63, 3.8) is 0 Å². The lowest BCUT2D eigenvalue weighted by Gasteiger charge is -2.38. The van der Waals surface area contributed by atoms with Crippen LogP contribution in [0.25, 0.3) is 21.5 Å². The van der Waals surface area contributed by atoms with Crippen LogP contribution in [0.2, 0.25) is 0 Å². The summed E-state index contributed by atoms with van der Waals surface area (Å²) in [6, 6.07) is 4.28. The lowest BCUT2D eigenvalue weighted by atomic mass is 9.80. The highest BCUT2D eigenvalue weighted by Crippen LogP contribution is 2.47. The third-order valence-electron chi connectivity index (χ3n) is 4.88. The predicted octanol–water partition coefficient (Wildman–Crippen LogP) is 4.03. The van der Waals surface area contributed by atoms with Crippen LogP contribution in [0.1, 0.15) is 30.0 Å². The van der Waals surface area contributed by atoms with Gasteiger partial charge in [0.1, 0.15) is 16.3 Å².